The fourth-order valence-electron chi connectivity index (χ4n) is 3.84. The maximum atomic E-state index is 13.8. The van der Waals surface area contributed by atoms with Crippen LogP contribution in [0, 0.1) is 12.7 Å². The van der Waals surface area contributed by atoms with Crippen LogP contribution in [0.25, 0.3) is 0 Å². The van der Waals surface area contributed by atoms with Crippen molar-refractivity contribution in [1.82, 2.24) is 19.5 Å². The van der Waals surface area contributed by atoms with Gasteiger partial charge in [-0.3, -0.25) is 9.79 Å². The van der Waals surface area contributed by atoms with Crippen LogP contribution in [-0.4, -0.2) is 30.3 Å². The van der Waals surface area contributed by atoms with Crippen LogP contribution in [0.2, 0.25) is 0 Å². The Kier molecular flexibility index (Phi) is 6.95. The monoisotopic (exact) mass is 541 g/mol. The average Bonchev–Trinajstić information content (AvgIpc) is 2.82. The number of aromatic nitrogens is 4. The number of hydrogen-bond acceptors (Lipinski definition) is 7. The molecule has 4 rings (SSSR count). The minimum absolute atomic E-state index is 0.0985. The summed E-state index contributed by atoms with van der Waals surface area (Å²) >= 11 is 3.36. The summed E-state index contributed by atoms with van der Waals surface area (Å²) in [6.07, 6.45) is 4.49. The van der Waals surface area contributed by atoms with Gasteiger partial charge in [-0.15, -0.1) is 0 Å². The van der Waals surface area contributed by atoms with Crippen molar-refractivity contribution in [2.45, 2.75) is 52.4 Å². The molecule has 3 aromatic heterocycles. The molecule has 35 heavy (non-hydrogen) atoms. The van der Waals surface area contributed by atoms with Crippen LogP contribution in [-0.2, 0) is 12.2 Å². The van der Waals surface area contributed by atoms with Gasteiger partial charge in [-0.25, -0.2) is 19.3 Å². The second kappa shape index (κ2) is 9.79. The number of ether oxygens (including phenoxy) is 1. The van der Waals surface area contributed by atoms with E-state index in [1.807, 2.05) is 26.0 Å². The second-order valence-corrected chi connectivity index (χ2v) is 9.67. The van der Waals surface area contributed by atoms with E-state index in [2.05, 4.69) is 35.9 Å². The summed E-state index contributed by atoms with van der Waals surface area (Å²) < 4.78 is 21.5. The number of pyridine rings is 2. The van der Waals surface area contributed by atoms with Crippen LogP contribution in [0.15, 0.2) is 62.8 Å². The summed E-state index contributed by atoms with van der Waals surface area (Å²) in [5, 5.41) is 10.3. The molecule has 0 spiro atoms. The Balaban J connectivity index is 1.63. The van der Waals surface area contributed by atoms with E-state index >= 15 is 0 Å². The Morgan fingerprint density at radius 3 is 2.80 bits per heavy atom. The topological polar surface area (TPSA) is 102 Å². The molecule has 1 N–H and O–H groups in total. The van der Waals surface area contributed by atoms with Gasteiger partial charge in [0, 0.05) is 24.4 Å². The van der Waals surface area contributed by atoms with Crippen molar-refractivity contribution in [3.8, 4) is 5.75 Å². The van der Waals surface area contributed by atoms with E-state index in [1.54, 1.807) is 36.7 Å². The van der Waals surface area contributed by atoms with Gasteiger partial charge in [0.1, 0.15) is 34.5 Å². The highest BCUT2D eigenvalue weighted by atomic mass is 79.9. The normalized spacial score (nSPS) is 16.0. The van der Waals surface area contributed by atoms with Crippen LogP contribution >= 0.6 is 15.9 Å². The molecule has 0 aromatic carbocycles. The maximum absolute atomic E-state index is 13.8. The molecule has 8 nitrogen and oxygen atoms in total. The smallest absolute Gasteiger partial charge is 0.269 e. The lowest BCUT2D eigenvalue weighted by Crippen LogP contribution is -2.31. The van der Waals surface area contributed by atoms with Crippen molar-refractivity contribution in [3.05, 3.63) is 92.0 Å². The van der Waals surface area contributed by atoms with Gasteiger partial charge in [-0.2, -0.15) is 0 Å². The minimum atomic E-state index is -1.08. The second-order valence-electron chi connectivity index (χ2n) is 8.88. The van der Waals surface area contributed by atoms with Gasteiger partial charge >= 0.3 is 0 Å². The highest BCUT2D eigenvalue weighted by Crippen LogP contribution is 2.31. The van der Waals surface area contributed by atoms with Crippen molar-refractivity contribution >= 4 is 21.6 Å². The van der Waals surface area contributed by atoms with Crippen molar-refractivity contribution in [3.63, 3.8) is 0 Å². The molecular formula is C25H25BrFN5O3. The molecule has 10 heteroatoms. The molecule has 0 fully saturated rings. The third-order valence-corrected chi connectivity index (χ3v) is 6.50. The summed E-state index contributed by atoms with van der Waals surface area (Å²) in [4.78, 5) is 30.0. The van der Waals surface area contributed by atoms with Crippen LogP contribution < -0.4 is 10.3 Å². The Labute approximate surface area is 210 Å². The number of aliphatic imine (C=N–C) groups is 1. The van der Waals surface area contributed by atoms with E-state index in [0.717, 1.165) is 11.8 Å². The van der Waals surface area contributed by atoms with Crippen LogP contribution in [0.3, 0.4) is 0 Å². The number of aliphatic hydroxyl groups is 1. The summed E-state index contributed by atoms with van der Waals surface area (Å²) in [7, 11) is 0. The molecule has 0 amide bonds. The maximum Gasteiger partial charge on any atom is 0.269 e. The Morgan fingerprint density at radius 2 is 2.09 bits per heavy atom. The predicted octanol–water partition coefficient (Wildman–Crippen LogP) is 4.39. The molecule has 1 atom stereocenters. The lowest BCUT2D eigenvalue weighted by atomic mass is 9.96. The van der Waals surface area contributed by atoms with Gasteiger partial charge in [-0.1, -0.05) is 6.07 Å². The average molecular weight is 542 g/mol. The highest BCUT2D eigenvalue weighted by molar-refractivity contribution is 9.10. The fourth-order valence-corrected chi connectivity index (χ4v) is 4.26. The molecule has 0 radical (unpaired) electrons. The third kappa shape index (κ3) is 5.23. The van der Waals surface area contributed by atoms with E-state index in [0.29, 0.717) is 35.0 Å². The predicted molar refractivity (Wildman–Crippen MR) is 133 cm³/mol. The van der Waals surface area contributed by atoms with Crippen molar-refractivity contribution < 1.29 is 14.2 Å². The van der Waals surface area contributed by atoms with Gasteiger partial charge in [0.15, 0.2) is 5.82 Å². The summed E-state index contributed by atoms with van der Waals surface area (Å²) in [5.41, 5.74) is 2.23. The Bertz CT molecular complexity index is 1390. The van der Waals surface area contributed by atoms with Crippen molar-refractivity contribution in [1.29, 1.82) is 0 Å². The molecule has 0 saturated heterocycles. The minimum Gasteiger partial charge on any atom is -0.486 e. The van der Waals surface area contributed by atoms with E-state index in [4.69, 9.17) is 4.74 Å². The Morgan fingerprint density at radius 1 is 1.31 bits per heavy atom. The number of nitrogens with zero attached hydrogens (tertiary/aromatic N) is 5. The highest BCUT2D eigenvalue weighted by Gasteiger charge is 2.26. The molecule has 4 heterocycles. The van der Waals surface area contributed by atoms with E-state index < -0.39 is 11.4 Å². The molecule has 0 bridgehead atoms. The first-order valence-corrected chi connectivity index (χ1v) is 11.8. The number of halogens is 2. The van der Waals surface area contributed by atoms with Gasteiger partial charge in [0.05, 0.1) is 29.3 Å². The van der Waals surface area contributed by atoms with Crippen molar-refractivity contribution in [2.75, 3.05) is 0 Å². The molecule has 0 aliphatic carbocycles. The van der Waals surface area contributed by atoms with Gasteiger partial charge < -0.3 is 14.4 Å². The zero-order valence-corrected chi connectivity index (χ0v) is 21.4. The Hall–Kier alpha value is -3.24. The summed E-state index contributed by atoms with van der Waals surface area (Å²) in [6.45, 7) is 6.96. The zero-order valence-electron chi connectivity index (χ0n) is 19.8. The SMILES string of the molecule is CC1=CN=C(c2cccc(C(C)(C)O)n2)CC1n1c(C)cc(OCc2ncncc2F)c(Br)c1=O. The largest absolute Gasteiger partial charge is 0.486 e. The molecule has 0 saturated carbocycles. The molecule has 1 unspecified atom stereocenters. The number of aryl methyl sites for hydroxylation is 1. The fraction of sp³-hybridized carbons (Fsp3) is 0.320. The molecular weight excluding hydrogens is 517 g/mol. The van der Waals surface area contributed by atoms with Gasteiger partial charge in [0.2, 0.25) is 0 Å². The molecule has 182 valence electrons. The van der Waals surface area contributed by atoms with Gasteiger partial charge in [0.25, 0.3) is 5.56 Å². The lowest BCUT2D eigenvalue weighted by Gasteiger charge is -2.27. The van der Waals surface area contributed by atoms with Crippen LogP contribution in [0.5, 0.6) is 5.75 Å². The van der Waals surface area contributed by atoms with E-state index in [1.165, 1.54) is 6.33 Å². The lowest BCUT2D eigenvalue weighted by molar-refractivity contribution is 0.0738. The van der Waals surface area contributed by atoms with Crippen molar-refractivity contribution in [2.24, 2.45) is 4.99 Å². The van der Waals surface area contributed by atoms with Crippen LogP contribution in [0.4, 0.5) is 4.39 Å². The summed E-state index contributed by atoms with van der Waals surface area (Å²) in [6, 6.07) is 6.89. The molecule has 3 aromatic rings. The van der Waals surface area contributed by atoms with Crippen LogP contribution in [0.1, 0.15) is 56.0 Å². The van der Waals surface area contributed by atoms with Gasteiger partial charge in [-0.05, 0) is 61.3 Å². The standard InChI is InChI=1S/C25H25BrFN5O3/c1-14-10-29-18(17-6-5-7-22(31-17)25(3,4)34)9-20(14)32-15(2)8-21(23(26)24(32)33)35-12-19-16(27)11-28-13-30-19/h5-8,10-11,13,20,34H,9,12H2,1-4H3. The number of rotatable bonds is 6. The third-order valence-electron chi connectivity index (χ3n) is 5.77. The van der Waals surface area contributed by atoms with E-state index in [9.17, 15) is 14.3 Å². The molecule has 1 aliphatic heterocycles. The molecule has 1 aliphatic rings. The summed E-state index contributed by atoms with van der Waals surface area (Å²) in [5.74, 6) is -0.279. The first kappa shape index (κ1) is 24.9. The number of allylic oxidation sites excluding steroid dienone is 1. The number of hydrogen-bond donors (Lipinski definition) is 1. The van der Waals surface area contributed by atoms with E-state index in [-0.39, 0.29) is 28.4 Å². The first-order chi connectivity index (χ1) is 16.6. The zero-order chi connectivity index (χ0) is 25.3. The first-order valence-electron chi connectivity index (χ1n) is 11.0. The quantitative estimate of drug-likeness (QED) is 0.496.